The molecule has 0 aromatic carbocycles. The summed E-state index contributed by atoms with van der Waals surface area (Å²) in [5, 5.41) is 9.38. The summed E-state index contributed by atoms with van der Waals surface area (Å²) in [6, 6.07) is 0. The standard InChI is InChI=1S/C5H9O3/c1-3-4(2)5(6)8-7/h4H,3H2,1-2H3. The van der Waals surface area contributed by atoms with Crippen LogP contribution in [0.2, 0.25) is 0 Å². The van der Waals surface area contributed by atoms with Crippen molar-refractivity contribution >= 4 is 5.97 Å². The molecule has 0 fully saturated rings. The summed E-state index contributed by atoms with van der Waals surface area (Å²) in [6.07, 6.45) is 0.654. The van der Waals surface area contributed by atoms with Crippen molar-refractivity contribution in [3.8, 4) is 0 Å². The van der Waals surface area contributed by atoms with Crippen molar-refractivity contribution in [2.75, 3.05) is 0 Å². The molecule has 0 heterocycles. The smallest absolute Gasteiger partial charge is 0.266 e. The zero-order valence-corrected chi connectivity index (χ0v) is 5.01. The Morgan fingerprint density at radius 3 is 2.38 bits per heavy atom. The van der Waals surface area contributed by atoms with Crippen LogP contribution in [-0.4, -0.2) is 5.97 Å². The Labute approximate surface area is 48.2 Å². The van der Waals surface area contributed by atoms with Gasteiger partial charge in [0.15, 0.2) is 0 Å². The second kappa shape index (κ2) is 3.43. The third-order valence-corrected chi connectivity index (χ3v) is 1.10. The van der Waals surface area contributed by atoms with Crippen LogP contribution in [0.4, 0.5) is 0 Å². The van der Waals surface area contributed by atoms with Crippen LogP contribution >= 0.6 is 0 Å². The largest absolute Gasteiger partial charge is 0.348 e. The van der Waals surface area contributed by atoms with Crippen LogP contribution in [0.15, 0.2) is 0 Å². The number of rotatable bonds is 2. The molecule has 1 radical (unpaired) electrons. The van der Waals surface area contributed by atoms with Crippen LogP contribution in [0.25, 0.3) is 0 Å². The van der Waals surface area contributed by atoms with Crippen LogP contribution in [-0.2, 0) is 14.9 Å². The Hall–Kier alpha value is -0.570. The maximum atomic E-state index is 10.2. The van der Waals surface area contributed by atoms with Gasteiger partial charge in [-0.2, -0.15) is 0 Å². The van der Waals surface area contributed by atoms with Gasteiger partial charge in [0.2, 0.25) is 0 Å². The number of hydrogen-bond acceptors (Lipinski definition) is 2. The fourth-order valence-corrected chi connectivity index (χ4v) is 0.249. The average Bonchev–Trinajstić information content (AvgIpc) is 1.84. The fourth-order valence-electron chi connectivity index (χ4n) is 0.249. The first-order chi connectivity index (χ1) is 3.72. The van der Waals surface area contributed by atoms with E-state index in [2.05, 4.69) is 4.89 Å². The maximum Gasteiger partial charge on any atom is 0.348 e. The lowest BCUT2D eigenvalue weighted by Crippen LogP contribution is -2.10. The van der Waals surface area contributed by atoms with Crippen molar-refractivity contribution in [1.82, 2.24) is 0 Å². The Morgan fingerprint density at radius 1 is 1.75 bits per heavy atom. The van der Waals surface area contributed by atoms with E-state index in [4.69, 9.17) is 0 Å². The summed E-state index contributed by atoms with van der Waals surface area (Å²) >= 11 is 0. The Bertz CT molecular complexity index is 79.7. The minimum atomic E-state index is -0.674. The maximum absolute atomic E-state index is 10.2. The zero-order chi connectivity index (χ0) is 6.57. The predicted molar refractivity (Wildman–Crippen MR) is 26.2 cm³/mol. The van der Waals surface area contributed by atoms with Crippen LogP contribution in [0.3, 0.4) is 0 Å². The molecule has 0 aliphatic heterocycles. The molecule has 3 nitrogen and oxygen atoms in total. The quantitative estimate of drug-likeness (QED) is 0.399. The van der Waals surface area contributed by atoms with E-state index in [0.29, 0.717) is 6.42 Å². The fraction of sp³-hybridized carbons (Fsp3) is 0.800. The second-order valence-corrected chi connectivity index (χ2v) is 1.71. The van der Waals surface area contributed by atoms with Gasteiger partial charge in [-0.1, -0.05) is 13.8 Å². The van der Waals surface area contributed by atoms with E-state index < -0.39 is 5.97 Å². The summed E-state index contributed by atoms with van der Waals surface area (Å²) in [7, 11) is 0. The highest BCUT2D eigenvalue weighted by Crippen LogP contribution is 2.00. The molecule has 0 N–H and O–H groups in total. The lowest BCUT2D eigenvalue weighted by molar-refractivity contribution is -0.281. The molecule has 0 bridgehead atoms. The molecule has 0 aliphatic carbocycles. The molecule has 8 heavy (non-hydrogen) atoms. The molecule has 0 spiro atoms. The van der Waals surface area contributed by atoms with Crippen molar-refractivity contribution in [3.05, 3.63) is 0 Å². The monoisotopic (exact) mass is 117 g/mol. The number of hydrogen-bond donors (Lipinski definition) is 0. The van der Waals surface area contributed by atoms with Gasteiger partial charge in [0.1, 0.15) is 0 Å². The molecule has 3 heteroatoms. The minimum Gasteiger partial charge on any atom is -0.266 e. The summed E-state index contributed by atoms with van der Waals surface area (Å²) in [5.74, 6) is -0.931. The van der Waals surface area contributed by atoms with Crippen LogP contribution < -0.4 is 0 Å². The lowest BCUT2D eigenvalue weighted by Gasteiger charge is -1.98. The molecule has 0 aromatic heterocycles. The predicted octanol–water partition coefficient (Wildman–Crippen LogP) is 0.921. The first kappa shape index (κ1) is 7.43. The first-order valence-corrected chi connectivity index (χ1v) is 2.56. The van der Waals surface area contributed by atoms with E-state index in [1.165, 1.54) is 0 Å². The third-order valence-electron chi connectivity index (χ3n) is 1.10. The normalized spacial score (nSPS) is 12.9. The van der Waals surface area contributed by atoms with Gasteiger partial charge in [-0.3, -0.25) is 4.89 Å². The topological polar surface area (TPSA) is 46.2 Å². The van der Waals surface area contributed by atoms with Gasteiger partial charge >= 0.3 is 5.97 Å². The molecule has 0 aromatic rings. The van der Waals surface area contributed by atoms with Crippen molar-refractivity contribution < 1.29 is 14.9 Å². The SMILES string of the molecule is CCC(C)C(=O)O[O]. The molecule has 0 amide bonds. The van der Waals surface area contributed by atoms with E-state index in [-0.39, 0.29) is 5.92 Å². The summed E-state index contributed by atoms with van der Waals surface area (Å²) in [5.41, 5.74) is 0. The van der Waals surface area contributed by atoms with E-state index >= 15 is 0 Å². The summed E-state index contributed by atoms with van der Waals surface area (Å²) in [6.45, 7) is 3.47. The Kier molecular flexibility index (Phi) is 3.19. The molecule has 0 saturated carbocycles. The molecule has 1 atom stereocenters. The third kappa shape index (κ3) is 1.93. The van der Waals surface area contributed by atoms with Crippen molar-refractivity contribution in [1.29, 1.82) is 0 Å². The van der Waals surface area contributed by atoms with Gasteiger partial charge in [0.05, 0.1) is 5.92 Å². The highest BCUT2D eigenvalue weighted by molar-refractivity contribution is 5.70. The molecular weight excluding hydrogens is 108 g/mol. The second-order valence-electron chi connectivity index (χ2n) is 1.71. The molecule has 0 rings (SSSR count). The van der Waals surface area contributed by atoms with Crippen molar-refractivity contribution in [2.45, 2.75) is 20.3 Å². The number of carbonyl (C=O) groups excluding carboxylic acids is 1. The van der Waals surface area contributed by atoms with E-state index in [1.807, 2.05) is 6.92 Å². The zero-order valence-electron chi connectivity index (χ0n) is 5.01. The van der Waals surface area contributed by atoms with Crippen molar-refractivity contribution in [3.63, 3.8) is 0 Å². The first-order valence-electron chi connectivity index (χ1n) is 2.56. The van der Waals surface area contributed by atoms with E-state index in [1.54, 1.807) is 6.92 Å². The summed E-state index contributed by atoms with van der Waals surface area (Å²) in [4.78, 5) is 13.4. The highest BCUT2D eigenvalue weighted by Gasteiger charge is 2.11. The Balaban J connectivity index is 3.46. The van der Waals surface area contributed by atoms with Gasteiger partial charge in [-0.25, -0.2) is 4.79 Å². The number of carbonyl (C=O) groups is 1. The van der Waals surface area contributed by atoms with Crippen LogP contribution in [0.1, 0.15) is 20.3 Å². The van der Waals surface area contributed by atoms with Gasteiger partial charge in [-0.15, -0.1) is 0 Å². The highest BCUT2D eigenvalue weighted by atomic mass is 17.1. The molecule has 1 unspecified atom stereocenters. The molecular formula is C5H9O3. The Morgan fingerprint density at radius 2 is 2.25 bits per heavy atom. The summed E-state index contributed by atoms with van der Waals surface area (Å²) < 4.78 is 0. The minimum absolute atomic E-state index is 0.257. The van der Waals surface area contributed by atoms with E-state index in [0.717, 1.165) is 0 Å². The molecule has 47 valence electrons. The lowest BCUT2D eigenvalue weighted by atomic mass is 10.1. The van der Waals surface area contributed by atoms with Crippen molar-refractivity contribution in [2.24, 2.45) is 5.92 Å². The molecule has 0 aliphatic rings. The average molecular weight is 117 g/mol. The van der Waals surface area contributed by atoms with Crippen LogP contribution in [0.5, 0.6) is 0 Å². The van der Waals surface area contributed by atoms with Gasteiger partial charge in [-0.05, 0) is 6.42 Å². The molecule has 0 saturated heterocycles. The van der Waals surface area contributed by atoms with Gasteiger partial charge in [0, 0.05) is 5.26 Å². The van der Waals surface area contributed by atoms with Gasteiger partial charge in [0.25, 0.3) is 0 Å². The van der Waals surface area contributed by atoms with Crippen LogP contribution in [0, 0.1) is 5.92 Å². The van der Waals surface area contributed by atoms with E-state index in [9.17, 15) is 10.1 Å². The van der Waals surface area contributed by atoms with Gasteiger partial charge < -0.3 is 0 Å².